The minimum Gasteiger partial charge on any atom is -0.271 e. The molecule has 0 aliphatic heterocycles. The molecule has 1 aromatic carbocycles. The number of rotatable bonds is 2. The van der Waals surface area contributed by atoms with E-state index < -0.39 is 0 Å². The summed E-state index contributed by atoms with van der Waals surface area (Å²) < 4.78 is 0. The van der Waals surface area contributed by atoms with E-state index >= 15 is 0 Å². The van der Waals surface area contributed by atoms with Crippen LogP contribution in [0.4, 0.5) is 5.69 Å². The SMILES string of the molecule is CCc1ccc(N=C(NC#N)SC)cc1. The Morgan fingerprint density at radius 1 is 1.47 bits per heavy atom. The van der Waals surface area contributed by atoms with E-state index in [1.54, 1.807) is 0 Å². The molecule has 0 unspecified atom stereocenters. The topological polar surface area (TPSA) is 48.2 Å². The summed E-state index contributed by atoms with van der Waals surface area (Å²) in [6.45, 7) is 2.11. The van der Waals surface area contributed by atoms with Crippen LogP contribution in [0.5, 0.6) is 0 Å². The van der Waals surface area contributed by atoms with Crippen molar-refractivity contribution in [3.8, 4) is 6.19 Å². The van der Waals surface area contributed by atoms with Crippen molar-refractivity contribution in [1.82, 2.24) is 5.32 Å². The molecule has 0 radical (unpaired) electrons. The second kappa shape index (κ2) is 6.10. The summed E-state index contributed by atoms with van der Waals surface area (Å²) in [5.74, 6) is 0. The third-order valence-electron chi connectivity index (χ3n) is 1.93. The highest BCUT2D eigenvalue weighted by Crippen LogP contribution is 2.15. The number of nitriles is 1. The van der Waals surface area contributed by atoms with E-state index in [4.69, 9.17) is 5.26 Å². The molecule has 0 aromatic heterocycles. The van der Waals surface area contributed by atoms with E-state index in [1.807, 2.05) is 36.7 Å². The third kappa shape index (κ3) is 3.64. The molecule has 4 heteroatoms. The van der Waals surface area contributed by atoms with Crippen LogP contribution in [0.1, 0.15) is 12.5 Å². The van der Waals surface area contributed by atoms with Gasteiger partial charge in [-0.05, 0) is 30.4 Å². The van der Waals surface area contributed by atoms with E-state index in [0.717, 1.165) is 12.1 Å². The van der Waals surface area contributed by atoms with Crippen molar-refractivity contribution in [3.63, 3.8) is 0 Å². The Bertz CT molecular complexity index is 376. The molecular weight excluding hydrogens is 206 g/mol. The Morgan fingerprint density at radius 2 is 2.13 bits per heavy atom. The Balaban J connectivity index is 2.83. The van der Waals surface area contributed by atoms with Crippen molar-refractivity contribution in [2.45, 2.75) is 13.3 Å². The smallest absolute Gasteiger partial charge is 0.183 e. The number of hydrogen-bond acceptors (Lipinski definition) is 3. The monoisotopic (exact) mass is 219 g/mol. The van der Waals surface area contributed by atoms with Gasteiger partial charge in [0.1, 0.15) is 0 Å². The average Bonchev–Trinajstić information content (AvgIpc) is 2.29. The molecule has 3 nitrogen and oxygen atoms in total. The van der Waals surface area contributed by atoms with Crippen LogP contribution in [0, 0.1) is 11.5 Å². The fourth-order valence-electron chi connectivity index (χ4n) is 1.10. The van der Waals surface area contributed by atoms with Crippen molar-refractivity contribution in [2.24, 2.45) is 4.99 Å². The van der Waals surface area contributed by atoms with Gasteiger partial charge in [0.25, 0.3) is 0 Å². The van der Waals surface area contributed by atoms with Crippen molar-refractivity contribution in [3.05, 3.63) is 29.8 Å². The first-order valence-corrected chi connectivity index (χ1v) is 5.89. The van der Waals surface area contributed by atoms with Crippen molar-refractivity contribution in [1.29, 1.82) is 5.26 Å². The van der Waals surface area contributed by atoms with Gasteiger partial charge in [-0.3, -0.25) is 5.32 Å². The summed E-state index contributed by atoms with van der Waals surface area (Å²) in [7, 11) is 0. The number of amidine groups is 1. The molecule has 0 bridgehead atoms. The van der Waals surface area contributed by atoms with Gasteiger partial charge < -0.3 is 0 Å². The zero-order valence-electron chi connectivity index (χ0n) is 8.82. The molecule has 0 fully saturated rings. The number of nitrogens with one attached hydrogen (secondary N) is 1. The van der Waals surface area contributed by atoms with Crippen molar-refractivity contribution < 1.29 is 0 Å². The Kier molecular flexibility index (Phi) is 4.72. The Hall–Kier alpha value is -1.47. The molecule has 0 saturated carbocycles. The van der Waals surface area contributed by atoms with Gasteiger partial charge >= 0.3 is 0 Å². The molecule has 1 aromatic rings. The predicted octanol–water partition coefficient (Wildman–Crippen LogP) is 2.67. The standard InChI is InChI=1S/C11H13N3S/c1-3-9-4-6-10(7-5-9)14-11(15-2)13-8-12/h4-7H,3H2,1-2H3,(H,13,14). The van der Waals surface area contributed by atoms with Crippen LogP contribution in [0.25, 0.3) is 0 Å². The maximum Gasteiger partial charge on any atom is 0.183 e. The third-order valence-corrected chi connectivity index (χ3v) is 2.51. The van der Waals surface area contributed by atoms with Crippen LogP contribution in [-0.2, 0) is 6.42 Å². The maximum atomic E-state index is 8.47. The van der Waals surface area contributed by atoms with Gasteiger partial charge in [0.05, 0.1) is 5.69 Å². The molecule has 0 spiro atoms. The molecule has 0 amide bonds. The molecule has 0 saturated heterocycles. The van der Waals surface area contributed by atoms with Gasteiger partial charge in [-0.2, -0.15) is 5.26 Å². The minimum atomic E-state index is 0.613. The first-order chi connectivity index (χ1) is 7.30. The van der Waals surface area contributed by atoms with Crippen LogP contribution in [0.2, 0.25) is 0 Å². The van der Waals surface area contributed by atoms with Crippen LogP contribution in [0.3, 0.4) is 0 Å². The summed E-state index contributed by atoms with van der Waals surface area (Å²) in [6.07, 6.45) is 4.76. The summed E-state index contributed by atoms with van der Waals surface area (Å²) >= 11 is 1.42. The minimum absolute atomic E-state index is 0.613. The second-order valence-electron chi connectivity index (χ2n) is 2.88. The first kappa shape index (κ1) is 11.6. The fourth-order valence-corrected chi connectivity index (χ4v) is 1.44. The molecule has 1 rings (SSSR count). The summed E-state index contributed by atoms with van der Waals surface area (Å²) in [5, 5.41) is 11.6. The zero-order valence-corrected chi connectivity index (χ0v) is 9.64. The van der Waals surface area contributed by atoms with Gasteiger partial charge in [-0.15, -0.1) is 0 Å². The van der Waals surface area contributed by atoms with Crippen LogP contribution in [-0.4, -0.2) is 11.4 Å². The zero-order chi connectivity index (χ0) is 11.1. The van der Waals surface area contributed by atoms with Gasteiger partial charge in [-0.1, -0.05) is 30.8 Å². The largest absolute Gasteiger partial charge is 0.271 e. The molecule has 0 atom stereocenters. The predicted molar refractivity (Wildman–Crippen MR) is 65.2 cm³/mol. The number of aryl methyl sites for hydroxylation is 1. The average molecular weight is 219 g/mol. The van der Waals surface area contributed by atoms with E-state index in [-0.39, 0.29) is 0 Å². The highest BCUT2D eigenvalue weighted by molar-refractivity contribution is 8.13. The van der Waals surface area contributed by atoms with Crippen LogP contribution >= 0.6 is 11.8 Å². The number of aliphatic imine (C=N–C) groups is 1. The van der Waals surface area contributed by atoms with Crippen molar-refractivity contribution >= 4 is 22.6 Å². The lowest BCUT2D eigenvalue weighted by Crippen LogP contribution is -2.12. The molecule has 0 aliphatic rings. The quantitative estimate of drug-likeness (QED) is 0.360. The normalized spacial score (nSPS) is 10.9. The van der Waals surface area contributed by atoms with E-state index in [1.165, 1.54) is 17.3 Å². The second-order valence-corrected chi connectivity index (χ2v) is 3.67. The fraction of sp³-hybridized carbons (Fsp3) is 0.273. The molecule has 15 heavy (non-hydrogen) atoms. The number of hydrogen-bond donors (Lipinski definition) is 1. The Labute approximate surface area is 94.2 Å². The van der Waals surface area contributed by atoms with E-state index in [2.05, 4.69) is 17.2 Å². The maximum absolute atomic E-state index is 8.47. The van der Waals surface area contributed by atoms with Gasteiger partial charge in [0.2, 0.25) is 0 Å². The lowest BCUT2D eigenvalue weighted by atomic mass is 10.2. The molecule has 0 aliphatic carbocycles. The Morgan fingerprint density at radius 3 is 2.60 bits per heavy atom. The molecule has 0 heterocycles. The van der Waals surface area contributed by atoms with Crippen molar-refractivity contribution in [2.75, 3.05) is 6.26 Å². The van der Waals surface area contributed by atoms with E-state index in [0.29, 0.717) is 5.17 Å². The molecule has 78 valence electrons. The van der Waals surface area contributed by atoms with Gasteiger partial charge in [0.15, 0.2) is 11.4 Å². The summed E-state index contributed by atoms with van der Waals surface area (Å²) in [4.78, 5) is 4.29. The lowest BCUT2D eigenvalue weighted by molar-refractivity contribution is 1.14. The van der Waals surface area contributed by atoms with Gasteiger partial charge in [0, 0.05) is 0 Å². The summed E-state index contributed by atoms with van der Waals surface area (Å²) in [6, 6.07) is 7.99. The van der Waals surface area contributed by atoms with Crippen LogP contribution in [0.15, 0.2) is 29.3 Å². The number of benzene rings is 1. The van der Waals surface area contributed by atoms with E-state index in [9.17, 15) is 0 Å². The number of nitrogens with zero attached hydrogens (tertiary/aromatic N) is 2. The highest BCUT2D eigenvalue weighted by atomic mass is 32.2. The number of thioether (sulfide) groups is 1. The first-order valence-electron chi connectivity index (χ1n) is 4.67. The highest BCUT2D eigenvalue weighted by Gasteiger charge is 1.96. The van der Waals surface area contributed by atoms with Gasteiger partial charge in [-0.25, -0.2) is 4.99 Å². The lowest BCUT2D eigenvalue weighted by Gasteiger charge is -2.00. The molecular formula is C11H13N3S. The summed E-state index contributed by atoms with van der Waals surface area (Å²) in [5.41, 5.74) is 2.15. The van der Waals surface area contributed by atoms with Crippen LogP contribution < -0.4 is 5.32 Å². The molecule has 1 N–H and O–H groups in total.